The summed E-state index contributed by atoms with van der Waals surface area (Å²) in [6, 6.07) is 14.1. The number of pyridine rings is 1. The highest BCUT2D eigenvalue weighted by atomic mass is 15.3. The Balaban J connectivity index is 1.91. The molecule has 24 heavy (non-hydrogen) atoms. The fraction of sp³-hybridized carbons (Fsp3) is 0.105. The lowest BCUT2D eigenvalue weighted by Crippen LogP contribution is -2.06. The number of nitrogens with zero attached hydrogens (tertiary/aromatic N) is 4. The average molecular weight is 315 g/mol. The molecule has 3 heterocycles. The van der Waals surface area contributed by atoms with Gasteiger partial charge in [0.15, 0.2) is 5.65 Å². The van der Waals surface area contributed by atoms with E-state index < -0.39 is 0 Å². The Kier molecular flexibility index (Phi) is 3.46. The summed E-state index contributed by atoms with van der Waals surface area (Å²) in [5, 5.41) is 8.01. The molecule has 0 atom stereocenters. The molecule has 1 N–H and O–H groups in total. The smallest absolute Gasteiger partial charge is 0.165 e. The van der Waals surface area contributed by atoms with E-state index in [4.69, 9.17) is 4.98 Å². The van der Waals surface area contributed by atoms with Gasteiger partial charge in [-0.2, -0.15) is 9.61 Å². The first kappa shape index (κ1) is 14.4. The summed E-state index contributed by atoms with van der Waals surface area (Å²) in [5.74, 6) is 0.922. The predicted molar refractivity (Wildman–Crippen MR) is 95.4 cm³/mol. The normalized spacial score (nSPS) is 10.9. The first-order valence-corrected chi connectivity index (χ1v) is 7.81. The fourth-order valence-corrected chi connectivity index (χ4v) is 2.73. The van der Waals surface area contributed by atoms with Crippen LogP contribution in [0.15, 0.2) is 61.1 Å². The van der Waals surface area contributed by atoms with Crippen LogP contribution in [0.3, 0.4) is 0 Å². The lowest BCUT2D eigenvalue weighted by molar-refractivity contribution is 0.924. The minimum absolute atomic E-state index is 0.848. The molecule has 0 aliphatic heterocycles. The Morgan fingerprint density at radius 1 is 0.958 bits per heavy atom. The zero-order valence-corrected chi connectivity index (χ0v) is 13.6. The van der Waals surface area contributed by atoms with Crippen molar-refractivity contribution in [1.29, 1.82) is 0 Å². The van der Waals surface area contributed by atoms with Gasteiger partial charge in [0.1, 0.15) is 5.82 Å². The predicted octanol–water partition coefficient (Wildman–Crippen LogP) is 4.15. The highest BCUT2D eigenvalue weighted by Gasteiger charge is 2.15. The number of benzene rings is 1. The maximum absolute atomic E-state index is 4.76. The monoisotopic (exact) mass is 315 g/mol. The molecule has 0 saturated carbocycles. The van der Waals surface area contributed by atoms with Crippen LogP contribution in [-0.2, 0) is 0 Å². The molecule has 4 aromatic rings. The number of rotatable bonds is 3. The highest BCUT2D eigenvalue weighted by Crippen LogP contribution is 2.29. The van der Waals surface area contributed by atoms with Gasteiger partial charge in [-0.05, 0) is 31.5 Å². The van der Waals surface area contributed by atoms with E-state index in [2.05, 4.69) is 34.5 Å². The van der Waals surface area contributed by atoms with E-state index in [1.54, 1.807) is 12.4 Å². The van der Waals surface area contributed by atoms with Crippen molar-refractivity contribution in [3.8, 4) is 11.1 Å². The van der Waals surface area contributed by atoms with E-state index in [1.807, 2.05) is 48.0 Å². The number of aromatic nitrogens is 4. The van der Waals surface area contributed by atoms with Crippen LogP contribution in [0.2, 0.25) is 0 Å². The van der Waals surface area contributed by atoms with E-state index in [0.717, 1.165) is 39.5 Å². The first-order chi connectivity index (χ1) is 11.7. The summed E-state index contributed by atoms with van der Waals surface area (Å²) < 4.78 is 1.87. The first-order valence-electron chi connectivity index (χ1n) is 7.81. The fourth-order valence-electron chi connectivity index (χ4n) is 2.73. The van der Waals surface area contributed by atoms with Crippen LogP contribution in [0.25, 0.3) is 16.8 Å². The summed E-state index contributed by atoms with van der Waals surface area (Å²) in [4.78, 5) is 8.82. The second kappa shape index (κ2) is 5.77. The molecule has 0 aliphatic rings. The standard InChI is InChI=1S/C19H17N5/c1-13-14(2)22-19-17(15-6-4-3-5-7-15)12-21-24(19)18(13)23-16-8-10-20-11-9-16/h3-12H,1-2H3,(H,20,23). The molecule has 0 aliphatic carbocycles. The number of anilines is 2. The van der Waals surface area contributed by atoms with Gasteiger partial charge in [0.2, 0.25) is 0 Å². The van der Waals surface area contributed by atoms with Crippen LogP contribution in [0.5, 0.6) is 0 Å². The molecular weight excluding hydrogens is 298 g/mol. The lowest BCUT2D eigenvalue weighted by atomic mass is 10.1. The van der Waals surface area contributed by atoms with Gasteiger partial charge in [-0.25, -0.2) is 4.98 Å². The van der Waals surface area contributed by atoms with E-state index in [0.29, 0.717) is 0 Å². The molecule has 118 valence electrons. The molecule has 0 spiro atoms. The van der Waals surface area contributed by atoms with Crippen molar-refractivity contribution in [3.05, 3.63) is 72.3 Å². The number of hydrogen-bond donors (Lipinski definition) is 1. The van der Waals surface area contributed by atoms with Gasteiger partial charge < -0.3 is 5.32 Å². The molecular formula is C19H17N5. The van der Waals surface area contributed by atoms with Crippen LogP contribution in [0.1, 0.15) is 11.3 Å². The quantitative estimate of drug-likeness (QED) is 0.617. The van der Waals surface area contributed by atoms with Gasteiger partial charge in [-0.15, -0.1) is 0 Å². The van der Waals surface area contributed by atoms with Crippen LogP contribution >= 0.6 is 0 Å². The minimum Gasteiger partial charge on any atom is -0.340 e. The van der Waals surface area contributed by atoms with Crippen LogP contribution < -0.4 is 5.32 Å². The summed E-state index contributed by atoms with van der Waals surface area (Å²) in [7, 11) is 0. The summed E-state index contributed by atoms with van der Waals surface area (Å²) in [6.07, 6.45) is 5.40. The van der Waals surface area contributed by atoms with E-state index >= 15 is 0 Å². The number of hydrogen-bond acceptors (Lipinski definition) is 4. The Morgan fingerprint density at radius 3 is 2.46 bits per heavy atom. The molecule has 0 bridgehead atoms. The summed E-state index contributed by atoms with van der Waals surface area (Å²) >= 11 is 0. The number of nitrogens with one attached hydrogen (secondary N) is 1. The Bertz CT molecular complexity index is 991. The third-order valence-electron chi connectivity index (χ3n) is 4.16. The van der Waals surface area contributed by atoms with Crippen LogP contribution in [-0.4, -0.2) is 19.6 Å². The van der Waals surface area contributed by atoms with Crippen molar-refractivity contribution in [2.24, 2.45) is 0 Å². The largest absolute Gasteiger partial charge is 0.340 e. The van der Waals surface area contributed by atoms with Gasteiger partial charge in [0.25, 0.3) is 0 Å². The Hall–Kier alpha value is -3.21. The summed E-state index contributed by atoms with van der Waals surface area (Å²) in [5.41, 5.74) is 6.01. The number of fused-ring (bicyclic) bond motifs is 1. The molecule has 5 heteroatoms. The zero-order chi connectivity index (χ0) is 16.5. The Labute approximate surface area is 140 Å². The van der Waals surface area contributed by atoms with Gasteiger partial charge in [0, 0.05) is 34.9 Å². The Morgan fingerprint density at radius 2 is 1.71 bits per heavy atom. The third-order valence-corrected chi connectivity index (χ3v) is 4.16. The molecule has 0 saturated heterocycles. The van der Waals surface area contributed by atoms with Gasteiger partial charge >= 0.3 is 0 Å². The van der Waals surface area contributed by atoms with Gasteiger partial charge in [-0.3, -0.25) is 4.98 Å². The van der Waals surface area contributed by atoms with Crippen molar-refractivity contribution in [3.63, 3.8) is 0 Å². The molecule has 0 radical (unpaired) electrons. The van der Waals surface area contributed by atoms with Crippen molar-refractivity contribution in [1.82, 2.24) is 19.6 Å². The second-order valence-corrected chi connectivity index (χ2v) is 5.69. The lowest BCUT2D eigenvalue weighted by Gasteiger charge is -2.13. The van der Waals surface area contributed by atoms with Gasteiger partial charge in [-0.1, -0.05) is 30.3 Å². The third kappa shape index (κ3) is 2.40. The average Bonchev–Trinajstić information content (AvgIpc) is 3.04. The summed E-state index contributed by atoms with van der Waals surface area (Å²) in [6.45, 7) is 4.07. The molecule has 3 aromatic heterocycles. The van der Waals surface area contributed by atoms with Crippen molar-refractivity contribution < 1.29 is 0 Å². The van der Waals surface area contributed by atoms with Crippen molar-refractivity contribution in [2.45, 2.75) is 13.8 Å². The second-order valence-electron chi connectivity index (χ2n) is 5.69. The topological polar surface area (TPSA) is 55.1 Å². The van der Waals surface area contributed by atoms with Crippen molar-refractivity contribution in [2.75, 3.05) is 5.32 Å². The number of aryl methyl sites for hydroxylation is 1. The zero-order valence-electron chi connectivity index (χ0n) is 13.6. The van der Waals surface area contributed by atoms with E-state index in [1.165, 1.54) is 0 Å². The maximum atomic E-state index is 4.76. The minimum atomic E-state index is 0.848. The molecule has 0 amide bonds. The maximum Gasteiger partial charge on any atom is 0.165 e. The van der Waals surface area contributed by atoms with E-state index in [9.17, 15) is 0 Å². The van der Waals surface area contributed by atoms with Crippen molar-refractivity contribution >= 4 is 17.2 Å². The molecule has 5 nitrogen and oxygen atoms in total. The SMILES string of the molecule is Cc1nc2c(-c3ccccc3)cnn2c(Nc2ccncc2)c1C. The van der Waals surface area contributed by atoms with E-state index in [-0.39, 0.29) is 0 Å². The molecule has 1 aromatic carbocycles. The van der Waals surface area contributed by atoms with Crippen LogP contribution in [0, 0.1) is 13.8 Å². The molecule has 0 fully saturated rings. The molecule has 4 rings (SSSR count). The molecule has 0 unspecified atom stereocenters. The van der Waals surface area contributed by atoms with Gasteiger partial charge in [0.05, 0.1) is 6.20 Å². The highest BCUT2D eigenvalue weighted by molar-refractivity contribution is 5.79. The van der Waals surface area contributed by atoms with Crippen LogP contribution in [0.4, 0.5) is 11.5 Å².